The fraction of sp³-hybridized carbons (Fsp3) is 0.409. The van der Waals surface area contributed by atoms with E-state index in [4.69, 9.17) is 14.6 Å². The molecule has 1 amide bonds. The molecule has 1 aliphatic rings. The smallest absolute Gasteiger partial charge is 0.257 e. The van der Waals surface area contributed by atoms with Crippen molar-refractivity contribution in [2.75, 3.05) is 47.4 Å². The minimum Gasteiger partial charge on any atom is -0.497 e. The molecule has 0 bridgehead atoms. The number of rotatable bonds is 5. The van der Waals surface area contributed by atoms with Gasteiger partial charge >= 0.3 is 0 Å². The maximum atomic E-state index is 13.1. The van der Waals surface area contributed by atoms with E-state index in [0.29, 0.717) is 17.8 Å². The molecule has 0 unspecified atom stereocenters. The first-order valence-electron chi connectivity index (χ1n) is 10.0. The van der Waals surface area contributed by atoms with Gasteiger partial charge in [0, 0.05) is 39.5 Å². The Hall–Kier alpha value is -2.97. The highest BCUT2D eigenvalue weighted by Crippen LogP contribution is 2.30. The number of likely N-dealkylation sites (N-methyl/N-ethyl adjacent to an activating group) is 1. The third-order valence-electron chi connectivity index (χ3n) is 5.64. The highest BCUT2D eigenvalue weighted by atomic mass is 16.5. The Morgan fingerprint density at radius 3 is 2.43 bits per heavy atom. The van der Waals surface area contributed by atoms with Gasteiger partial charge in [-0.25, -0.2) is 9.50 Å². The predicted octanol–water partition coefficient (Wildman–Crippen LogP) is 2.25. The lowest BCUT2D eigenvalue weighted by Crippen LogP contribution is -2.47. The van der Waals surface area contributed by atoms with Gasteiger partial charge < -0.3 is 19.3 Å². The average Bonchev–Trinajstić information content (AvgIpc) is 3.13. The number of piperazine rings is 1. The quantitative estimate of drug-likeness (QED) is 0.644. The predicted molar refractivity (Wildman–Crippen MR) is 114 cm³/mol. The third-order valence-corrected chi connectivity index (χ3v) is 5.64. The standard InChI is InChI=1S/C22H27N5O3/c1-15-18(22(28)26-11-9-25(2)10-12-26)13-23-21-20(19(14-29-3)24-27(15)21)16-5-7-17(30-4)8-6-16/h5-8,13H,9-12,14H2,1-4H3. The molecule has 3 aromatic rings. The van der Waals surface area contributed by atoms with Crippen molar-refractivity contribution >= 4 is 11.6 Å². The van der Waals surface area contributed by atoms with E-state index in [0.717, 1.165) is 54.4 Å². The number of methoxy groups -OCH3 is 2. The number of aromatic nitrogens is 3. The second kappa shape index (κ2) is 8.41. The number of nitrogens with zero attached hydrogens (tertiary/aromatic N) is 5. The number of carbonyl (C=O) groups excluding carboxylic acids is 1. The van der Waals surface area contributed by atoms with Crippen molar-refractivity contribution in [3.8, 4) is 16.9 Å². The van der Waals surface area contributed by atoms with Gasteiger partial charge in [-0.3, -0.25) is 4.79 Å². The molecule has 0 saturated carbocycles. The van der Waals surface area contributed by atoms with Gasteiger partial charge in [-0.1, -0.05) is 12.1 Å². The largest absolute Gasteiger partial charge is 0.497 e. The van der Waals surface area contributed by atoms with Crippen LogP contribution in [0.25, 0.3) is 16.8 Å². The summed E-state index contributed by atoms with van der Waals surface area (Å²) in [6.45, 7) is 5.46. The van der Waals surface area contributed by atoms with E-state index < -0.39 is 0 Å². The van der Waals surface area contributed by atoms with E-state index in [-0.39, 0.29) is 5.91 Å². The molecular formula is C22H27N5O3. The van der Waals surface area contributed by atoms with E-state index >= 15 is 0 Å². The van der Waals surface area contributed by atoms with E-state index in [1.54, 1.807) is 24.9 Å². The maximum absolute atomic E-state index is 13.1. The first-order valence-corrected chi connectivity index (χ1v) is 10.0. The van der Waals surface area contributed by atoms with E-state index in [1.165, 1.54) is 0 Å². The Kier molecular flexibility index (Phi) is 5.69. The van der Waals surface area contributed by atoms with Gasteiger partial charge in [0.05, 0.1) is 36.2 Å². The lowest BCUT2D eigenvalue weighted by atomic mass is 10.1. The second-order valence-electron chi connectivity index (χ2n) is 7.57. The number of carbonyl (C=O) groups is 1. The van der Waals surface area contributed by atoms with Crippen LogP contribution in [0.1, 0.15) is 21.7 Å². The number of aryl methyl sites for hydroxylation is 1. The van der Waals surface area contributed by atoms with Crippen molar-refractivity contribution in [1.82, 2.24) is 24.4 Å². The van der Waals surface area contributed by atoms with Crippen LogP contribution in [0.3, 0.4) is 0 Å². The molecule has 1 aliphatic heterocycles. The van der Waals surface area contributed by atoms with Crippen molar-refractivity contribution in [3.63, 3.8) is 0 Å². The molecule has 158 valence electrons. The van der Waals surface area contributed by atoms with Gasteiger partial charge in [-0.2, -0.15) is 5.10 Å². The van der Waals surface area contributed by atoms with Gasteiger partial charge in [0.1, 0.15) is 5.75 Å². The van der Waals surface area contributed by atoms with Crippen LogP contribution in [-0.4, -0.2) is 77.8 Å². The zero-order chi connectivity index (χ0) is 21.3. The molecule has 1 aromatic carbocycles. The van der Waals surface area contributed by atoms with Gasteiger partial charge in [-0.05, 0) is 31.7 Å². The number of amides is 1. The topological polar surface area (TPSA) is 72.2 Å². The second-order valence-corrected chi connectivity index (χ2v) is 7.57. The molecule has 0 N–H and O–H groups in total. The summed E-state index contributed by atoms with van der Waals surface area (Å²) in [6.07, 6.45) is 1.68. The normalized spacial score (nSPS) is 15.0. The molecule has 1 fully saturated rings. The number of hydrogen-bond acceptors (Lipinski definition) is 6. The molecule has 0 atom stereocenters. The summed E-state index contributed by atoms with van der Waals surface area (Å²) in [4.78, 5) is 21.9. The molecular weight excluding hydrogens is 382 g/mol. The van der Waals surface area contributed by atoms with Crippen molar-refractivity contribution in [3.05, 3.63) is 47.4 Å². The molecule has 0 aliphatic carbocycles. The first-order chi connectivity index (χ1) is 14.5. The van der Waals surface area contributed by atoms with Crippen molar-refractivity contribution in [2.45, 2.75) is 13.5 Å². The molecule has 0 spiro atoms. The summed E-state index contributed by atoms with van der Waals surface area (Å²) >= 11 is 0. The Morgan fingerprint density at radius 2 is 1.80 bits per heavy atom. The van der Waals surface area contributed by atoms with Crippen LogP contribution in [0.4, 0.5) is 0 Å². The van der Waals surface area contributed by atoms with Crippen LogP contribution in [-0.2, 0) is 11.3 Å². The lowest BCUT2D eigenvalue weighted by molar-refractivity contribution is 0.0662. The van der Waals surface area contributed by atoms with Gasteiger partial charge in [0.25, 0.3) is 5.91 Å². The summed E-state index contributed by atoms with van der Waals surface area (Å²) in [6, 6.07) is 7.78. The summed E-state index contributed by atoms with van der Waals surface area (Å²) in [7, 11) is 5.36. The van der Waals surface area contributed by atoms with E-state index in [1.807, 2.05) is 36.1 Å². The number of benzene rings is 1. The van der Waals surface area contributed by atoms with Crippen LogP contribution < -0.4 is 4.74 Å². The molecule has 2 aromatic heterocycles. The SMILES string of the molecule is COCc1nn2c(C)c(C(=O)N3CCN(C)CC3)cnc2c1-c1ccc(OC)cc1. The number of ether oxygens (including phenoxy) is 2. The van der Waals surface area contributed by atoms with Gasteiger partial charge in [-0.15, -0.1) is 0 Å². The summed E-state index contributed by atoms with van der Waals surface area (Å²) in [5.41, 5.74) is 4.73. The maximum Gasteiger partial charge on any atom is 0.257 e. The Morgan fingerprint density at radius 1 is 1.10 bits per heavy atom. The monoisotopic (exact) mass is 409 g/mol. The Bertz CT molecular complexity index is 1050. The number of fused-ring (bicyclic) bond motifs is 1. The zero-order valence-corrected chi connectivity index (χ0v) is 17.9. The summed E-state index contributed by atoms with van der Waals surface area (Å²) < 4.78 is 12.4. The molecule has 30 heavy (non-hydrogen) atoms. The molecule has 3 heterocycles. The zero-order valence-electron chi connectivity index (χ0n) is 17.9. The third kappa shape index (κ3) is 3.64. The Balaban J connectivity index is 1.77. The van der Waals surface area contributed by atoms with Crippen molar-refractivity contribution < 1.29 is 14.3 Å². The highest BCUT2D eigenvalue weighted by molar-refractivity contribution is 5.95. The fourth-order valence-electron chi connectivity index (χ4n) is 3.82. The molecule has 0 radical (unpaired) electrons. The highest BCUT2D eigenvalue weighted by Gasteiger charge is 2.25. The van der Waals surface area contributed by atoms with Crippen LogP contribution in [0.15, 0.2) is 30.5 Å². The first kappa shape index (κ1) is 20.3. The Labute approximate surface area is 176 Å². The molecule has 8 nitrogen and oxygen atoms in total. The molecule has 8 heteroatoms. The van der Waals surface area contributed by atoms with Gasteiger partial charge in [0.15, 0.2) is 5.65 Å². The van der Waals surface area contributed by atoms with Crippen LogP contribution in [0.2, 0.25) is 0 Å². The summed E-state index contributed by atoms with van der Waals surface area (Å²) in [5, 5.41) is 4.74. The minimum atomic E-state index is 0.00443. The van der Waals surface area contributed by atoms with Crippen LogP contribution in [0, 0.1) is 6.92 Å². The summed E-state index contributed by atoms with van der Waals surface area (Å²) in [5.74, 6) is 0.789. The van der Waals surface area contributed by atoms with Crippen molar-refractivity contribution in [1.29, 1.82) is 0 Å². The molecule has 1 saturated heterocycles. The lowest BCUT2D eigenvalue weighted by Gasteiger charge is -2.32. The van der Waals surface area contributed by atoms with E-state index in [9.17, 15) is 4.79 Å². The average molecular weight is 409 g/mol. The van der Waals surface area contributed by atoms with Crippen molar-refractivity contribution in [2.24, 2.45) is 0 Å². The fourth-order valence-corrected chi connectivity index (χ4v) is 3.82. The molecule has 4 rings (SSSR count). The van der Waals surface area contributed by atoms with Crippen LogP contribution in [0.5, 0.6) is 5.75 Å². The van der Waals surface area contributed by atoms with Crippen LogP contribution >= 0.6 is 0 Å². The van der Waals surface area contributed by atoms with Gasteiger partial charge in [0.2, 0.25) is 0 Å². The van der Waals surface area contributed by atoms with E-state index in [2.05, 4.69) is 16.9 Å². The number of hydrogen-bond donors (Lipinski definition) is 0. The minimum absolute atomic E-state index is 0.00443.